The molecule has 1 unspecified atom stereocenters. The number of H-pyrrole nitrogens is 1. The molecule has 2 N–H and O–H groups in total. The summed E-state index contributed by atoms with van der Waals surface area (Å²) in [4.78, 5) is 0. The van der Waals surface area contributed by atoms with Crippen LogP contribution in [0.3, 0.4) is 0 Å². The average Bonchev–Trinajstić information content (AvgIpc) is 2.55. The lowest BCUT2D eigenvalue weighted by atomic mass is 9.89. The van der Waals surface area contributed by atoms with Crippen molar-refractivity contribution in [2.75, 3.05) is 13.1 Å². The molecular formula is C6H11N5. The van der Waals surface area contributed by atoms with Crippen LogP contribution in [0.4, 0.5) is 0 Å². The van der Waals surface area contributed by atoms with Crippen molar-refractivity contribution in [3.63, 3.8) is 0 Å². The highest BCUT2D eigenvalue weighted by Gasteiger charge is 2.34. The van der Waals surface area contributed by atoms with E-state index in [4.69, 9.17) is 0 Å². The van der Waals surface area contributed by atoms with E-state index in [1.807, 2.05) is 0 Å². The molecule has 60 valence electrons. The second-order valence-corrected chi connectivity index (χ2v) is 3.22. The van der Waals surface area contributed by atoms with Crippen LogP contribution in [0, 0.1) is 0 Å². The lowest BCUT2D eigenvalue weighted by molar-refractivity contribution is 0.490. The van der Waals surface area contributed by atoms with E-state index in [9.17, 15) is 0 Å². The fraction of sp³-hybridized carbons (Fsp3) is 0.833. The number of nitrogens with one attached hydrogen (secondary N) is 2. The van der Waals surface area contributed by atoms with Crippen molar-refractivity contribution in [3.05, 3.63) is 5.82 Å². The maximum atomic E-state index is 3.98. The van der Waals surface area contributed by atoms with E-state index in [1.165, 1.54) is 0 Å². The number of nitrogens with zero attached hydrogens (tertiary/aromatic N) is 3. The van der Waals surface area contributed by atoms with Gasteiger partial charge in [0.25, 0.3) is 0 Å². The summed E-state index contributed by atoms with van der Waals surface area (Å²) in [7, 11) is 0. The molecule has 1 fully saturated rings. The lowest BCUT2D eigenvalue weighted by Gasteiger charge is -2.16. The normalized spacial score (nSPS) is 31.0. The Morgan fingerprint density at radius 3 is 3.00 bits per heavy atom. The molecule has 1 aromatic rings. The maximum absolute atomic E-state index is 3.98. The highest BCUT2D eigenvalue weighted by molar-refractivity contribution is 5.06. The topological polar surface area (TPSA) is 66.5 Å². The van der Waals surface area contributed by atoms with Gasteiger partial charge in [-0.25, -0.2) is 0 Å². The maximum Gasteiger partial charge on any atom is 0.181 e. The molecule has 2 heterocycles. The smallest absolute Gasteiger partial charge is 0.181 e. The van der Waals surface area contributed by atoms with Crippen LogP contribution in [-0.2, 0) is 5.41 Å². The molecule has 0 aromatic carbocycles. The number of hydrogen-bond donors (Lipinski definition) is 2. The van der Waals surface area contributed by atoms with E-state index < -0.39 is 0 Å². The number of hydrogen-bond acceptors (Lipinski definition) is 4. The Morgan fingerprint density at radius 2 is 2.45 bits per heavy atom. The van der Waals surface area contributed by atoms with Crippen LogP contribution in [0.25, 0.3) is 0 Å². The average molecular weight is 153 g/mol. The van der Waals surface area contributed by atoms with Crippen LogP contribution in [0.15, 0.2) is 0 Å². The van der Waals surface area contributed by atoms with E-state index in [2.05, 4.69) is 32.9 Å². The largest absolute Gasteiger partial charge is 0.316 e. The van der Waals surface area contributed by atoms with Crippen molar-refractivity contribution in [2.24, 2.45) is 0 Å². The third kappa shape index (κ3) is 1.01. The minimum Gasteiger partial charge on any atom is -0.316 e. The summed E-state index contributed by atoms with van der Waals surface area (Å²) in [6.45, 7) is 4.15. The minimum absolute atomic E-state index is 0.0903. The van der Waals surface area contributed by atoms with Crippen molar-refractivity contribution >= 4 is 0 Å². The lowest BCUT2D eigenvalue weighted by Crippen LogP contribution is -2.26. The van der Waals surface area contributed by atoms with Crippen LogP contribution in [0.2, 0.25) is 0 Å². The Morgan fingerprint density at radius 1 is 1.55 bits per heavy atom. The second-order valence-electron chi connectivity index (χ2n) is 3.22. The second kappa shape index (κ2) is 2.27. The summed E-state index contributed by atoms with van der Waals surface area (Å²) < 4.78 is 0. The Balaban J connectivity index is 2.27. The van der Waals surface area contributed by atoms with Crippen LogP contribution >= 0.6 is 0 Å². The SMILES string of the molecule is CC1(c2nn[nH]n2)CCNC1. The van der Waals surface area contributed by atoms with Gasteiger partial charge < -0.3 is 5.32 Å². The Kier molecular flexibility index (Phi) is 1.38. The highest BCUT2D eigenvalue weighted by atomic mass is 15.5. The van der Waals surface area contributed by atoms with Crippen molar-refractivity contribution < 1.29 is 0 Å². The molecule has 0 aliphatic carbocycles. The molecule has 0 radical (unpaired) electrons. The van der Waals surface area contributed by atoms with Crippen LogP contribution in [0.1, 0.15) is 19.2 Å². The van der Waals surface area contributed by atoms with Gasteiger partial charge >= 0.3 is 0 Å². The zero-order valence-corrected chi connectivity index (χ0v) is 6.46. The Labute approximate surface area is 64.6 Å². The standard InChI is InChI=1S/C6H11N5/c1-6(2-3-7-4-6)5-8-10-11-9-5/h7H,2-4H2,1H3,(H,8,9,10,11). The highest BCUT2D eigenvalue weighted by Crippen LogP contribution is 2.25. The first kappa shape index (κ1) is 6.72. The molecule has 0 spiro atoms. The van der Waals surface area contributed by atoms with Gasteiger partial charge in [-0.05, 0) is 13.0 Å². The van der Waals surface area contributed by atoms with Crippen LogP contribution in [0.5, 0.6) is 0 Å². The number of tetrazole rings is 1. The molecule has 1 aliphatic heterocycles. The predicted octanol–water partition coefficient (Wildman–Crippen LogP) is -0.549. The fourth-order valence-corrected chi connectivity index (χ4v) is 1.43. The van der Waals surface area contributed by atoms with E-state index in [0.29, 0.717) is 0 Å². The Hall–Kier alpha value is -0.970. The molecule has 1 atom stereocenters. The summed E-state index contributed by atoms with van der Waals surface area (Å²) in [6, 6.07) is 0. The van der Waals surface area contributed by atoms with Gasteiger partial charge in [-0.2, -0.15) is 5.21 Å². The molecule has 0 amide bonds. The third-order valence-corrected chi connectivity index (χ3v) is 2.25. The van der Waals surface area contributed by atoms with Crippen molar-refractivity contribution in [1.29, 1.82) is 0 Å². The molecule has 1 aliphatic rings. The van der Waals surface area contributed by atoms with Crippen LogP contribution in [-0.4, -0.2) is 33.7 Å². The number of aromatic nitrogens is 4. The molecular weight excluding hydrogens is 142 g/mol. The van der Waals surface area contributed by atoms with Gasteiger partial charge in [0, 0.05) is 12.0 Å². The summed E-state index contributed by atoms with van der Waals surface area (Å²) >= 11 is 0. The summed E-state index contributed by atoms with van der Waals surface area (Å²) in [5.74, 6) is 0.822. The minimum atomic E-state index is 0.0903. The zero-order chi connectivity index (χ0) is 7.73. The van der Waals surface area contributed by atoms with E-state index in [0.717, 1.165) is 25.3 Å². The van der Waals surface area contributed by atoms with Gasteiger partial charge in [-0.15, -0.1) is 10.2 Å². The van der Waals surface area contributed by atoms with Crippen molar-refractivity contribution in [2.45, 2.75) is 18.8 Å². The number of rotatable bonds is 1. The van der Waals surface area contributed by atoms with Crippen molar-refractivity contribution in [1.82, 2.24) is 25.9 Å². The van der Waals surface area contributed by atoms with Gasteiger partial charge in [-0.3, -0.25) is 0 Å². The van der Waals surface area contributed by atoms with Gasteiger partial charge in [0.15, 0.2) is 5.82 Å². The first-order valence-electron chi connectivity index (χ1n) is 3.76. The first-order valence-corrected chi connectivity index (χ1v) is 3.76. The monoisotopic (exact) mass is 153 g/mol. The number of aromatic amines is 1. The van der Waals surface area contributed by atoms with Gasteiger partial charge in [-0.1, -0.05) is 12.1 Å². The van der Waals surface area contributed by atoms with Gasteiger partial charge in [0.05, 0.1) is 0 Å². The molecule has 1 aromatic heterocycles. The van der Waals surface area contributed by atoms with Crippen molar-refractivity contribution in [3.8, 4) is 0 Å². The molecule has 2 rings (SSSR count). The molecule has 0 bridgehead atoms. The van der Waals surface area contributed by atoms with Gasteiger partial charge in [0.2, 0.25) is 0 Å². The van der Waals surface area contributed by atoms with Crippen LogP contribution < -0.4 is 5.32 Å². The molecule has 1 saturated heterocycles. The third-order valence-electron chi connectivity index (χ3n) is 2.25. The van der Waals surface area contributed by atoms with E-state index in [-0.39, 0.29) is 5.41 Å². The summed E-state index contributed by atoms with van der Waals surface area (Å²) in [5, 5.41) is 17.3. The Bertz CT molecular complexity index is 223. The van der Waals surface area contributed by atoms with Gasteiger partial charge in [0.1, 0.15) is 0 Å². The van der Waals surface area contributed by atoms with E-state index in [1.54, 1.807) is 0 Å². The molecule has 0 saturated carbocycles. The fourth-order valence-electron chi connectivity index (χ4n) is 1.43. The molecule has 5 heteroatoms. The van der Waals surface area contributed by atoms with E-state index >= 15 is 0 Å². The predicted molar refractivity (Wildman–Crippen MR) is 39.0 cm³/mol. The summed E-state index contributed by atoms with van der Waals surface area (Å²) in [5.41, 5.74) is 0.0903. The first-order chi connectivity index (χ1) is 5.31. The molecule has 11 heavy (non-hydrogen) atoms. The zero-order valence-electron chi connectivity index (χ0n) is 6.46. The summed E-state index contributed by atoms with van der Waals surface area (Å²) in [6.07, 6.45) is 1.09. The quantitative estimate of drug-likeness (QED) is 0.568. The molecule has 5 nitrogen and oxygen atoms in total.